The Morgan fingerprint density at radius 1 is 1.20 bits per heavy atom. The SMILES string of the molecule is O=S(=O)(c1ccc(Br)cc1Br)N1CCn2cnnc2C1. The monoisotopic (exact) mass is 420 g/mol. The number of hydrogen-bond donors (Lipinski definition) is 0. The summed E-state index contributed by atoms with van der Waals surface area (Å²) in [6.07, 6.45) is 1.62. The van der Waals surface area contributed by atoms with E-state index in [2.05, 4.69) is 42.1 Å². The zero-order valence-corrected chi connectivity index (χ0v) is 14.2. The molecule has 0 bridgehead atoms. The first-order chi connectivity index (χ1) is 9.48. The van der Waals surface area contributed by atoms with Crippen molar-refractivity contribution in [1.82, 2.24) is 19.1 Å². The fourth-order valence-electron chi connectivity index (χ4n) is 2.07. The topological polar surface area (TPSA) is 68.1 Å². The average Bonchev–Trinajstić information content (AvgIpc) is 2.85. The molecule has 2 aromatic rings. The third-order valence-corrected chi connectivity index (χ3v) is 6.43. The molecular weight excluding hydrogens is 412 g/mol. The van der Waals surface area contributed by atoms with Gasteiger partial charge in [0.1, 0.15) is 12.2 Å². The van der Waals surface area contributed by atoms with Crippen LogP contribution in [0.15, 0.2) is 38.4 Å². The molecule has 9 heteroatoms. The van der Waals surface area contributed by atoms with Gasteiger partial charge in [-0.25, -0.2) is 8.42 Å². The maximum atomic E-state index is 12.7. The fourth-order valence-corrected chi connectivity index (χ4v) is 5.16. The van der Waals surface area contributed by atoms with Gasteiger partial charge < -0.3 is 4.57 Å². The van der Waals surface area contributed by atoms with Gasteiger partial charge >= 0.3 is 0 Å². The summed E-state index contributed by atoms with van der Waals surface area (Å²) in [5, 5.41) is 7.74. The van der Waals surface area contributed by atoms with E-state index in [0.717, 1.165) is 4.47 Å². The van der Waals surface area contributed by atoms with Gasteiger partial charge in [0.15, 0.2) is 0 Å². The van der Waals surface area contributed by atoms with Gasteiger partial charge in [-0.05, 0) is 34.1 Å². The molecule has 0 amide bonds. The van der Waals surface area contributed by atoms with Crippen molar-refractivity contribution in [2.75, 3.05) is 6.54 Å². The van der Waals surface area contributed by atoms with E-state index in [1.807, 2.05) is 4.57 Å². The van der Waals surface area contributed by atoms with Crippen LogP contribution < -0.4 is 0 Å². The summed E-state index contributed by atoms with van der Waals surface area (Å²) in [6.45, 7) is 1.22. The van der Waals surface area contributed by atoms with Crippen LogP contribution in [0.2, 0.25) is 0 Å². The van der Waals surface area contributed by atoms with E-state index in [-0.39, 0.29) is 11.4 Å². The van der Waals surface area contributed by atoms with Crippen molar-refractivity contribution in [3.05, 3.63) is 39.3 Å². The van der Waals surface area contributed by atoms with Crippen LogP contribution in [0.3, 0.4) is 0 Å². The van der Waals surface area contributed by atoms with Crippen LogP contribution in [0.25, 0.3) is 0 Å². The van der Waals surface area contributed by atoms with Gasteiger partial charge in [-0.2, -0.15) is 4.31 Å². The molecule has 0 atom stereocenters. The number of aromatic nitrogens is 3. The van der Waals surface area contributed by atoms with Crippen LogP contribution in [0.4, 0.5) is 0 Å². The van der Waals surface area contributed by atoms with Crippen molar-refractivity contribution in [2.24, 2.45) is 0 Å². The first-order valence-corrected chi connectivity index (χ1v) is 8.83. The van der Waals surface area contributed by atoms with Crippen LogP contribution in [-0.2, 0) is 23.1 Å². The number of fused-ring (bicyclic) bond motifs is 1. The fraction of sp³-hybridized carbons (Fsp3) is 0.273. The summed E-state index contributed by atoms with van der Waals surface area (Å²) < 4.78 is 30.0. The van der Waals surface area contributed by atoms with E-state index >= 15 is 0 Å². The van der Waals surface area contributed by atoms with E-state index in [0.29, 0.717) is 23.4 Å². The van der Waals surface area contributed by atoms with Crippen molar-refractivity contribution in [3.8, 4) is 0 Å². The third-order valence-electron chi connectivity index (χ3n) is 3.12. The zero-order valence-electron chi connectivity index (χ0n) is 10.2. The van der Waals surface area contributed by atoms with Crippen molar-refractivity contribution in [1.29, 1.82) is 0 Å². The molecule has 0 fully saturated rings. The molecule has 3 rings (SSSR count). The van der Waals surface area contributed by atoms with E-state index in [1.165, 1.54) is 4.31 Å². The van der Waals surface area contributed by atoms with E-state index in [9.17, 15) is 8.42 Å². The highest BCUT2D eigenvalue weighted by atomic mass is 79.9. The normalized spacial score (nSPS) is 16.1. The molecule has 0 saturated carbocycles. The summed E-state index contributed by atoms with van der Waals surface area (Å²) in [5.41, 5.74) is 0. The summed E-state index contributed by atoms with van der Waals surface area (Å²) >= 11 is 6.62. The van der Waals surface area contributed by atoms with Gasteiger partial charge in [0.25, 0.3) is 0 Å². The van der Waals surface area contributed by atoms with Crippen molar-refractivity contribution in [2.45, 2.75) is 18.0 Å². The molecule has 1 aromatic carbocycles. The molecule has 0 aliphatic carbocycles. The number of nitrogens with zero attached hydrogens (tertiary/aromatic N) is 4. The Hall–Kier alpha value is -0.770. The molecule has 106 valence electrons. The highest BCUT2D eigenvalue weighted by Crippen LogP contribution is 2.29. The summed E-state index contributed by atoms with van der Waals surface area (Å²) in [5.74, 6) is 0.660. The second kappa shape index (κ2) is 5.21. The predicted molar refractivity (Wildman–Crippen MR) is 79.5 cm³/mol. The molecule has 1 aliphatic heterocycles. The largest absolute Gasteiger partial charge is 0.315 e. The molecule has 0 saturated heterocycles. The maximum Gasteiger partial charge on any atom is 0.244 e. The van der Waals surface area contributed by atoms with Crippen LogP contribution >= 0.6 is 31.9 Å². The smallest absolute Gasteiger partial charge is 0.244 e. The molecule has 2 heterocycles. The Balaban J connectivity index is 1.97. The van der Waals surface area contributed by atoms with E-state index < -0.39 is 10.0 Å². The number of hydrogen-bond acceptors (Lipinski definition) is 4. The molecule has 20 heavy (non-hydrogen) atoms. The lowest BCUT2D eigenvalue weighted by Crippen LogP contribution is -2.38. The summed E-state index contributed by atoms with van der Waals surface area (Å²) in [4.78, 5) is 0.258. The van der Waals surface area contributed by atoms with Crippen LogP contribution in [-0.4, -0.2) is 34.0 Å². The average molecular weight is 422 g/mol. The standard InChI is InChI=1S/C11H10Br2N4O2S/c12-8-1-2-10(9(13)5-8)20(18,19)17-4-3-16-7-14-15-11(16)6-17/h1-2,5,7H,3-4,6H2. The molecule has 0 unspecified atom stereocenters. The molecular formula is C11H10Br2N4O2S. The van der Waals surface area contributed by atoms with Crippen molar-refractivity contribution < 1.29 is 8.42 Å². The Bertz CT molecular complexity index is 760. The summed E-state index contributed by atoms with van der Waals surface area (Å²) in [6, 6.07) is 5.02. The van der Waals surface area contributed by atoms with Crippen LogP contribution in [0, 0.1) is 0 Å². The lowest BCUT2D eigenvalue weighted by molar-refractivity contribution is 0.335. The minimum atomic E-state index is -3.55. The van der Waals surface area contributed by atoms with Crippen LogP contribution in [0.5, 0.6) is 0 Å². The minimum Gasteiger partial charge on any atom is -0.315 e. The molecule has 0 spiro atoms. The van der Waals surface area contributed by atoms with Gasteiger partial charge in [0, 0.05) is 22.0 Å². The van der Waals surface area contributed by atoms with Gasteiger partial charge in [-0.1, -0.05) is 15.9 Å². The molecule has 1 aliphatic rings. The van der Waals surface area contributed by atoms with Crippen molar-refractivity contribution in [3.63, 3.8) is 0 Å². The number of sulfonamides is 1. The second-order valence-corrected chi connectivity index (χ2v) is 8.03. The summed E-state index contributed by atoms with van der Waals surface area (Å²) in [7, 11) is -3.55. The Morgan fingerprint density at radius 2 is 2.00 bits per heavy atom. The molecule has 1 aromatic heterocycles. The van der Waals surface area contributed by atoms with Gasteiger partial charge in [-0.3, -0.25) is 0 Å². The number of halogens is 2. The number of rotatable bonds is 2. The molecule has 0 N–H and O–H groups in total. The Labute approximate surface area is 133 Å². The van der Waals surface area contributed by atoms with Gasteiger partial charge in [-0.15, -0.1) is 10.2 Å². The zero-order chi connectivity index (χ0) is 14.3. The molecule has 0 radical (unpaired) electrons. The van der Waals surface area contributed by atoms with Gasteiger partial charge in [0.2, 0.25) is 10.0 Å². The maximum absolute atomic E-state index is 12.7. The Kier molecular flexibility index (Phi) is 3.69. The van der Waals surface area contributed by atoms with Gasteiger partial charge in [0.05, 0.1) is 11.4 Å². The first-order valence-electron chi connectivity index (χ1n) is 5.80. The van der Waals surface area contributed by atoms with E-state index in [4.69, 9.17) is 0 Å². The van der Waals surface area contributed by atoms with Crippen LogP contribution in [0.1, 0.15) is 5.82 Å². The number of benzene rings is 1. The van der Waals surface area contributed by atoms with E-state index in [1.54, 1.807) is 24.5 Å². The first kappa shape index (κ1) is 14.2. The van der Waals surface area contributed by atoms with Crippen molar-refractivity contribution >= 4 is 41.9 Å². The minimum absolute atomic E-state index is 0.241. The quantitative estimate of drug-likeness (QED) is 0.743. The second-order valence-electron chi connectivity index (χ2n) is 4.35. The predicted octanol–water partition coefficient (Wildman–Crippen LogP) is 2.01. The lowest BCUT2D eigenvalue weighted by atomic mass is 10.4. The lowest BCUT2D eigenvalue weighted by Gasteiger charge is -2.26. The Morgan fingerprint density at radius 3 is 2.75 bits per heavy atom. The molecule has 6 nitrogen and oxygen atoms in total. The third kappa shape index (κ3) is 2.43. The highest BCUT2D eigenvalue weighted by molar-refractivity contribution is 9.11. The highest BCUT2D eigenvalue weighted by Gasteiger charge is 2.30.